The number of halogens is 1. The molecule has 0 saturated heterocycles. The predicted octanol–water partition coefficient (Wildman–Crippen LogP) is 0.119. The minimum atomic E-state index is -1.17. The van der Waals surface area contributed by atoms with Gasteiger partial charge in [0.2, 0.25) is 0 Å². The van der Waals surface area contributed by atoms with Gasteiger partial charge in [-0.15, -0.1) is 12.4 Å². The molecule has 0 bridgehead atoms. The van der Waals surface area contributed by atoms with E-state index in [1.807, 2.05) is 0 Å². The molecule has 0 heterocycles. The lowest BCUT2D eigenvalue weighted by Gasteiger charge is -2.10. The first-order valence-electron chi connectivity index (χ1n) is 4.85. The second kappa shape index (κ2) is 9.98. The monoisotopic (exact) mass is 301 g/mol. The Morgan fingerprint density at radius 2 is 1.67 bits per heavy atom. The molecule has 7 nitrogen and oxygen atoms in total. The number of aliphatic carboxylic acids is 3. The number of hydrogen-bond donors (Lipinski definition) is 4. The Labute approximate surface area is 114 Å². The highest BCUT2D eigenvalue weighted by Crippen LogP contribution is 2.14. The molecule has 106 valence electrons. The lowest BCUT2D eigenvalue weighted by Crippen LogP contribution is -2.30. The Hall–Kier alpha value is -0.990. The predicted molar refractivity (Wildman–Crippen MR) is 68.2 cm³/mol. The zero-order valence-corrected chi connectivity index (χ0v) is 11.1. The zero-order chi connectivity index (χ0) is 13.4. The molecule has 9 heteroatoms. The van der Waals surface area contributed by atoms with E-state index >= 15 is 0 Å². The van der Waals surface area contributed by atoms with Crippen molar-refractivity contribution in [3.8, 4) is 0 Å². The number of carbonyl (C=O) groups is 3. The molecule has 5 N–H and O–H groups in total. The number of carboxylic acid groups (broad SMARTS) is 3. The first-order chi connectivity index (χ1) is 7.84. The molecule has 2 atom stereocenters. The molecule has 1 unspecified atom stereocenters. The third kappa shape index (κ3) is 9.08. The van der Waals surface area contributed by atoms with Gasteiger partial charge in [-0.3, -0.25) is 14.4 Å². The minimum absolute atomic E-state index is 0. The van der Waals surface area contributed by atoms with Crippen molar-refractivity contribution in [2.45, 2.75) is 18.9 Å². The van der Waals surface area contributed by atoms with Crippen LogP contribution in [0, 0.1) is 5.92 Å². The molecule has 0 aromatic rings. The van der Waals surface area contributed by atoms with Gasteiger partial charge in [-0.2, -0.15) is 11.8 Å². The first-order valence-corrected chi connectivity index (χ1v) is 6.00. The Morgan fingerprint density at radius 3 is 2.06 bits per heavy atom. The van der Waals surface area contributed by atoms with Crippen LogP contribution in [0.2, 0.25) is 0 Å². The van der Waals surface area contributed by atoms with Crippen molar-refractivity contribution in [2.24, 2.45) is 11.7 Å². The molecule has 0 aromatic heterocycles. The minimum Gasteiger partial charge on any atom is -0.481 e. The number of nitrogens with two attached hydrogens (primary N) is 1. The van der Waals surface area contributed by atoms with E-state index in [0.29, 0.717) is 5.75 Å². The third-order valence-corrected chi connectivity index (χ3v) is 3.14. The second-order valence-corrected chi connectivity index (χ2v) is 4.59. The molecule has 0 aliphatic rings. The highest BCUT2D eigenvalue weighted by Gasteiger charge is 2.21. The van der Waals surface area contributed by atoms with Crippen LogP contribution < -0.4 is 5.73 Å². The maximum Gasteiger partial charge on any atom is 0.320 e. The van der Waals surface area contributed by atoms with Gasteiger partial charge in [0.15, 0.2) is 0 Å². The van der Waals surface area contributed by atoms with Crippen molar-refractivity contribution in [1.82, 2.24) is 0 Å². The fourth-order valence-corrected chi connectivity index (χ4v) is 2.12. The first kappa shape index (κ1) is 19.4. The summed E-state index contributed by atoms with van der Waals surface area (Å²) in [7, 11) is 0. The average molecular weight is 302 g/mol. The van der Waals surface area contributed by atoms with Crippen LogP contribution in [0.3, 0.4) is 0 Å². The van der Waals surface area contributed by atoms with Crippen molar-refractivity contribution in [3.63, 3.8) is 0 Å². The van der Waals surface area contributed by atoms with Gasteiger partial charge in [0, 0.05) is 5.75 Å². The van der Waals surface area contributed by atoms with Crippen molar-refractivity contribution in [1.29, 1.82) is 0 Å². The van der Waals surface area contributed by atoms with E-state index in [4.69, 9.17) is 21.1 Å². The van der Waals surface area contributed by atoms with Crippen molar-refractivity contribution in [2.75, 3.05) is 11.5 Å². The average Bonchev–Trinajstić information content (AvgIpc) is 2.21. The maximum atomic E-state index is 10.7. The molecule has 0 spiro atoms. The Bertz CT molecular complexity index is 301. The SMILES string of the molecule is Cl.N[C@@H](CCSCC(CC(=O)O)C(=O)O)C(=O)O. The van der Waals surface area contributed by atoms with Gasteiger partial charge in [0.25, 0.3) is 0 Å². The molecule has 0 rings (SSSR count). The van der Waals surface area contributed by atoms with Crippen LogP contribution in [0.1, 0.15) is 12.8 Å². The molecule has 0 fully saturated rings. The summed E-state index contributed by atoms with van der Waals surface area (Å²) in [5.74, 6) is -3.88. The van der Waals surface area contributed by atoms with E-state index in [2.05, 4.69) is 0 Å². The lowest BCUT2D eigenvalue weighted by molar-refractivity contribution is -0.147. The number of thioether (sulfide) groups is 1. The van der Waals surface area contributed by atoms with E-state index < -0.39 is 36.3 Å². The van der Waals surface area contributed by atoms with Crippen LogP contribution in [0.5, 0.6) is 0 Å². The highest BCUT2D eigenvalue weighted by molar-refractivity contribution is 7.99. The van der Waals surface area contributed by atoms with Crippen molar-refractivity contribution in [3.05, 3.63) is 0 Å². The van der Waals surface area contributed by atoms with Gasteiger partial charge in [-0.25, -0.2) is 0 Å². The van der Waals surface area contributed by atoms with E-state index in [0.717, 1.165) is 0 Å². The summed E-state index contributed by atoms with van der Waals surface area (Å²) in [6, 6.07) is -0.967. The summed E-state index contributed by atoms with van der Waals surface area (Å²) in [5, 5.41) is 25.7. The summed E-state index contributed by atoms with van der Waals surface area (Å²) in [5.41, 5.74) is 5.25. The van der Waals surface area contributed by atoms with E-state index in [1.165, 1.54) is 11.8 Å². The van der Waals surface area contributed by atoms with E-state index in [-0.39, 0.29) is 24.6 Å². The van der Waals surface area contributed by atoms with Gasteiger partial charge in [-0.05, 0) is 12.2 Å². The molecule has 0 aromatic carbocycles. The van der Waals surface area contributed by atoms with Gasteiger partial charge < -0.3 is 21.1 Å². The van der Waals surface area contributed by atoms with Gasteiger partial charge >= 0.3 is 17.9 Å². The van der Waals surface area contributed by atoms with E-state index in [9.17, 15) is 14.4 Å². The van der Waals surface area contributed by atoms with Crippen LogP contribution in [0.15, 0.2) is 0 Å². The van der Waals surface area contributed by atoms with E-state index in [1.54, 1.807) is 0 Å². The van der Waals surface area contributed by atoms with Crippen molar-refractivity contribution >= 4 is 42.1 Å². The molecule has 0 amide bonds. The standard InChI is InChI=1S/C9H15NO6S.ClH/c10-6(9(15)16)1-2-17-4-5(8(13)14)3-7(11)12;/h5-6H,1-4,10H2,(H,11,12)(H,13,14)(H,15,16);1H/t5?,6-;/m0./s1. The number of carboxylic acids is 3. The van der Waals surface area contributed by atoms with Gasteiger partial charge in [0.1, 0.15) is 6.04 Å². The van der Waals surface area contributed by atoms with Gasteiger partial charge in [-0.1, -0.05) is 0 Å². The third-order valence-electron chi connectivity index (χ3n) is 1.98. The molecular formula is C9H16ClNO6S. The second-order valence-electron chi connectivity index (χ2n) is 3.44. The Morgan fingerprint density at radius 1 is 1.11 bits per heavy atom. The molecule has 0 aliphatic carbocycles. The van der Waals surface area contributed by atoms with Crippen LogP contribution >= 0.6 is 24.2 Å². The van der Waals surface area contributed by atoms with Gasteiger partial charge in [0.05, 0.1) is 12.3 Å². The molecular weight excluding hydrogens is 286 g/mol. The topological polar surface area (TPSA) is 138 Å². The Balaban J connectivity index is 0. The fraction of sp³-hybridized carbons (Fsp3) is 0.667. The van der Waals surface area contributed by atoms with Crippen LogP contribution in [0.25, 0.3) is 0 Å². The molecule has 0 aliphatic heterocycles. The smallest absolute Gasteiger partial charge is 0.320 e. The normalized spacial score (nSPS) is 13.2. The molecule has 0 radical (unpaired) electrons. The summed E-state index contributed by atoms with van der Waals surface area (Å²) in [4.78, 5) is 31.4. The maximum absolute atomic E-state index is 10.7. The Kier molecular flexibility index (Phi) is 10.7. The largest absolute Gasteiger partial charge is 0.481 e. The lowest BCUT2D eigenvalue weighted by atomic mass is 10.1. The molecule has 18 heavy (non-hydrogen) atoms. The number of hydrogen-bond acceptors (Lipinski definition) is 5. The fourth-order valence-electron chi connectivity index (χ4n) is 0.988. The van der Waals surface area contributed by atoms with Crippen LogP contribution in [-0.4, -0.2) is 50.8 Å². The van der Waals surface area contributed by atoms with Crippen LogP contribution in [-0.2, 0) is 14.4 Å². The summed E-state index contributed by atoms with van der Waals surface area (Å²) >= 11 is 1.19. The molecule has 0 saturated carbocycles. The summed E-state index contributed by atoms with van der Waals surface area (Å²) in [6.45, 7) is 0. The highest BCUT2D eigenvalue weighted by atomic mass is 35.5. The summed E-state index contributed by atoms with van der Waals surface area (Å²) in [6.07, 6.45) is -0.216. The quantitative estimate of drug-likeness (QED) is 0.440. The van der Waals surface area contributed by atoms with Crippen LogP contribution in [0.4, 0.5) is 0 Å². The van der Waals surface area contributed by atoms with Crippen molar-refractivity contribution < 1.29 is 29.7 Å². The summed E-state index contributed by atoms with van der Waals surface area (Å²) < 4.78 is 0. The zero-order valence-electron chi connectivity index (χ0n) is 9.44. The number of rotatable bonds is 9.